The molecule has 9 nitrogen and oxygen atoms in total. The number of hydrogen-bond acceptors (Lipinski definition) is 8. The van der Waals surface area contributed by atoms with E-state index in [-0.39, 0.29) is 46.4 Å². The first kappa shape index (κ1) is 26.3. The van der Waals surface area contributed by atoms with Crippen molar-refractivity contribution in [2.45, 2.75) is 87.6 Å². The highest BCUT2D eigenvalue weighted by Crippen LogP contribution is 2.41. The van der Waals surface area contributed by atoms with Gasteiger partial charge in [-0.15, -0.1) is 0 Å². The summed E-state index contributed by atoms with van der Waals surface area (Å²) in [7, 11) is -6.84. The molecular formula is C25H32FN3O6S2. The molecule has 3 fully saturated rings. The molecule has 1 saturated carbocycles. The number of aromatic nitrogens is 2. The normalized spacial score (nSPS) is 24.4. The third kappa shape index (κ3) is 5.33. The van der Waals surface area contributed by atoms with Crippen LogP contribution >= 0.6 is 0 Å². The Morgan fingerprint density at radius 1 is 1.03 bits per heavy atom. The summed E-state index contributed by atoms with van der Waals surface area (Å²) >= 11 is 0. The van der Waals surface area contributed by atoms with Gasteiger partial charge in [0.05, 0.1) is 21.5 Å². The highest BCUT2D eigenvalue weighted by Gasteiger charge is 2.47. The minimum Gasteiger partial charge on any atom is -0.474 e. The van der Waals surface area contributed by atoms with Gasteiger partial charge in [0.15, 0.2) is 21.4 Å². The fourth-order valence-corrected chi connectivity index (χ4v) is 9.33. The van der Waals surface area contributed by atoms with Gasteiger partial charge in [0.1, 0.15) is 12.4 Å². The van der Waals surface area contributed by atoms with Crippen molar-refractivity contribution in [1.82, 2.24) is 14.3 Å². The summed E-state index contributed by atoms with van der Waals surface area (Å²) < 4.78 is 78.9. The number of ether oxygens (including phenoxy) is 2. The van der Waals surface area contributed by atoms with Crippen molar-refractivity contribution in [1.29, 1.82) is 0 Å². The summed E-state index contributed by atoms with van der Waals surface area (Å²) in [6.07, 6.45) is 5.00. The van der Waals surface area contributed by atoms with Crippen molar-refractivity contribution in [3.63, 3.8) is 0 Å². The second-order valence-corrected chi connectivity index (χ2v) is 14.8. The second-order valence-electron chi connectivity index (χ2n) is 10.6. The lowest BCUT2D eigenvalue weighted by Gasteiger charge is -2.38. The minimum atomic E-state index is -3.51. The number of hydrogen-bond donors (Lipinski definition) is 0. The van der Waals surface area contributed by atoms with E-state index in [1.54, 1.807) is 11.2 Å². The number of rotatable bonds is 9. The number of sulfone groups is 1. The molecule has 1 aliphatic carbocycles. The highest BCUT2D eigenvalue weighted by molar-refractivity contribution is 7.92. The smallest absolute Gasteiger partial charge is 0.229 e. The average Bonchev–Trinajstić information content (AvgIpc) is 3.62. The Bertz CT molecular complexity index is 1380. The third-order valence-electron chi connectivity index (χ3n) is 7.16. The maximum absolute atomic E-state index is 14.7. The van der Waals surface area contributed by atoms with Gasteiger partial charge in [-0.3, -0.25) is 0 Å². The van der Waals surface area contributed by atoms with E-state index >= 15 is 0 Å². The fraction of sp³-hybridized carbons (Fsp3) is 0.600. The SMILES string of the molecule is Cc1c(Oc2ccc(S(=O)(=O)C3CC3)cc2F)ncnc1OC1CC2CC[C@@H](C1)N2S(=O)(=O)CC(C)C. The largest absolute Gasteiger partial charge is 0.474 e. The average molecular weight is 554 g/mol. The van der Waals surface area contributed by atoms with Crippen LogP contribution in [0.25, 0.3) is 0 Å². The van der Waals surface area contributed by atoms with Crippen LogP contribution in [-0.2, 0) is 19.9 Å². The van der Waals surface area contributed by atoms with Crippen LogP contribution in [0.3, 0.4) is 0 Å². The Hall–Kier alpha value is -2.31. The molecule has 0 radical (unpaired) electrons. The van der Waals surface area contributed by atoms with Crippen LogP contribution in [0.4, 0.5) is 4.39 Å². The van der Waals surface area contributed by atoms with Gasteiger partial charge in [0.25, 0.3) is 0 Å². The van der Waals surface area contributed by atoms with Crippen LogP contribution in [0.2, 0.25) is 0 Å². The molecule has 2 saturated heterocycles. The van der Waals surface area contributed by atoms with E-state index in [0.29, 0.717) is 37.1 Å². The lowest BCUT2D eigenvalue weighted by Crippen LogP contribution is -2.50. The molecule has 2 aromatic rings. The Labute approximate surface area is 217 Å². The summed E-state index contributed by atoms with van der Waals surface area (Å²) in [5.74, 6) is -0.355. The van der Waals surface area contributed by atoms with Gasteiger partial charge >= 0.3 is 0 Å². The van der Waals surface area contributed by atoms with Gasteiger partial charge < -0.3 is 9.47 Å². The monoisotopic (exact) mass is 553 g/mol. The molecule has 2 unspecified atom stereocenters. The van der Waals surface area contributed by atoms with Gasteiger partial charge in [-0.25, -0.2) is 31.2 Å². The molecule has 3 heterocycles. The molecule has 37 heavy (non-hydrogen) atoms. The lowest BCUT2D eigenvalue weighted by molar-refractivity contribution is 0.0906. The van der Waals surface area contributed by atoms with E-state index in [9.17, 15) is 21.2 Å². The van der Waals surface area contributed by atoms with E-state index in [4.69, 9.17) is 9.47 Å². The molecule has 0 amide bonds. The van der Waals surface area contributed by atoms with Crippen LogP contribution in [-0.4, -0.2) is 60.3 Å². The van der Waals surface area contributed by atoms with Crippen molar-refractivity contribution in [2.24, 2.45) is 5.92 Å². The van der Waals surface area contributed by atoms with Crippen LogP contribution in [0.1, 0.15) is 57.9 Å². The maximum Gasteiger partial charge on any atom is 0.229 e. The van der Waals surface area contributed by atoms with Gasteiger partial charge in [-0.1, -0.05) is 13.8 Å². The van der Waals surface area contributed by atoms with E-state index in [1.165, 1.54) is 18.5 Å². The Morgan fingerprint density at radius 3 is 2.27 bits per heavy atom. The van der Waals surface area contributed by atoms with Crippen LogP contribution < -0.4 is 9.47 Å². The highest BCUT2D eigenvalue weighted by atomic mass is 32.2. The molecular weight excluding hydrogens is 521 g/mol. The van der Waals surface area contributed by atoms with Gasteiger partial charge in [-0.05, 0) is 56.7 Å². The summed E-state index contributed by atoms with van der Waals surface area (Å²) in [6.45, 7) is 5.51. The number of piperidine rings is 1. The maximum atomic E-state index is 14.7. The first-order valence-corrected chi connectivity index (χ1v) is 15.8. The first-order chi connectivity index (χ1) is 17.5. The van der Waals surface area contributed by atoms with Crippen LogP contribution in [0.5, 0.6) is 17.5 Å². The lowest BCUT2D eigenvalue weighted by atomic mass is 10.0. The molecule has 2 bridgehead atoms. The summed E-state index contributed by atoms with van der Waals surface area (Å²) in [4.78, 5) is 8.28. The number of fused-ring (bicyclic) bond motifs is 2. The molecule has 0 N–H and O–H groups in total. The van der Waals surface area contributed by atoms with Gasteiger partial charge in [0, 0.05) is 24.9 Å². The van der Waals surface area contributed by atoms with Crippen molar-refractivity contribution >= 4 is 19.9 Å². The van der Waals surface area contributed by atoms with E-state index in [0.717, 1.165) is 18.9 Å². The van der Waals surface area contributed by atoms with Gasteiger partial charge in [-0.2, -0.15) is 4.31 Å². The Kier molecular flexibility index (Phi) is 6.95. The summed E-state index contributed by atoms with van der Waals surface area (Å²) in [6, 6.07) is 3.43. The van der Waals surface area contributed by atoms with Crippen molar-refractivity contribution in [2.75, 3.05) is 5.75 Å². The van der Waals surface area contributed by atoms with Gasteiger partial charge in [0.2, 0.25) is 21.8 Å². The van der Waals surface area contributed by atoms with Crippen molar-refractivity contribution < 1.29 is 30.7 Å². The number of sulfonamides is 1. The molecule has 3 atom stereocenters. The zero-order chi connectivity index (χ0) is 26.5. The molecule has 5 rings (SSSR count). The first-order valence-electron chi connectivity index (χ1n) is 12.7. The number of benzene rings is 1. The van der Waals surface area contributed by atoms with Crippen LogP contribution in [0, 0.1) is 18.7 Å². The third-order valence-corrected chi connectivity index (χ3v) is 11.7. The molecule has 1 aromatic heterocycles. The second kappa shape index (κ2) is 9.77. The molecule has 0 spiro atoms. The van der Waals surface area contributed by atoms with Crippen LogP contribution in [0.15, 0.2) is 29.4 Å². The minimum absolute atomic E-state index is 0.0559. The predicted molar refractivity (Wildman–Crippen MR) is 134 cm³/mol. The molecule has 3 aliphatic rings. The number of nitrogens with zero attached hydrogens (tertiary/aromatic N) is 3. The van der Waals surface area contributed by atoms with E-state index in [1.807, 2.05) is 13.8 Å². The Balaban J connectivity index is 1.29. The molecule has 12 heteroatoms. The number of halogens is 1. The molecule has 202 valence electrons. The predicted octanol–water partition coefficient (Wildman–Crippen LogP) is 4.01. The van der Waals surface area contributed by atoms with E-state index in [2.05, 4.69) is 9.97 Å². The summed E-state index contributed by atoms with van der Waals surface area (Å²) in [5, 5.41) is -0.431. The van der Waals surface area contributed by atoms with Crippen molar-refractivity contribution in [3.8, 4) is 17.5 Å². The molecule has 2 aliphatic heterocycles. The fourth-order valence-electron chi connectivity index (χ4n) is 5.36. The van der Waals surface area contributed by atoms with E-state index < -0.39 is 30.9 Å². The quantitative estimate of drug-likeness (QED) is 0.457. The zero-order valence-electron chi connectivity index (χ0n) is 21.1. The Morgan fingerprint density at radius 2 is 1.68 bits per heavy atom. The standard InChI is InChI=1S/C25H32FN3O6S2/c1-15(2)13-36(30,31)29-17-4-5-18(29)11-19(10-17)34-24-16(3)25(28-14-27-24)35-23-9-8-21(12-22(23)26)37(32,33)20-6-7-20/h8-9,12,14-15,17-20H,4-7,10-11,13H2,1-3H3/t17-,18?,19?/m0/s1. The summed E-state index contributed by atoms with van der Waals surface area (Å²) in [5.41, 5.74) is 0.471. The topological polar surface area (TPSA) is 116 Å². The molecule has 1 aromatic carbocycles. The van der Waals surface area contributed by atoms with Crippen molar-refractivity contribution in [3.05, 3.63) is 35.9 Å². The zero-order valence-corrected chi connectivity index (χ0v) is 22.8.